The molecule has 0 aromatic carbocycles. The topological polar surface area (TPSA) is 42.0 Å². The predicted octanol–water partition coefficient (Wildman–Crippen LogP) is 1.62. The van der Waals surface area contributed by atoms with E-state index in [4.69, 9.17) is 0 Å². The molecule has 1 heterocycles. The average molecular weight is 190 g/mol. The summed E-state index contributed by atoms with van der Waals surface area (Å²) in [4.78, 5) is 14.5. The van der Waals surface area contributed by atoms with Crippen molar-refractivity contribution in [2.24, 2.45) is 0 Å². The highest BCUT2D eigenvalue weighted by atomic mass is 16.1. The molecule has 0 aliphatic rings. The fraction of sp³-hybridized carbons (Fsp3) is 0.273. The third-order valence-corrected chi connectivity index (χ3v) is 1.68. The van der Waals surface area contributed by atoms with Crippen molar-refractivity contribution >= 4 is 12.0 Å². The highest BCUT2D eigenvalue weighted by Crippen LogP contribution is 1.98. The van der Waals surface area contributed by atoms with E-state index in [9.17, 15) is 4.79 Å². The molecule has 0 spiro atoms. The zero-order chi connectivity index (χ0) is 10.2. The van der Waals surface area contributed by atoms with Crippen LogP contribution in [0.3, 0.4) is 0 Å². The minimum absolute atomic E-state index is 0.0137. The molecule has 1 rings (SSSR count). The van der Waals surface area contributed by atoms with Crippen LogP contribution in [0.5, 0.6) is 0 Å². The summed E-state index contributed by atoms with van der Waals surface area (Å²) in [6, 6.07) is 3.88. The quantitative estimate of drug-likeness (QED) is 0.733. The van der Waals surface area contributed by atoms with Crippen LogP contribution >= 0.6 is 0 Å². The van der Waals surface area contributed by atoms with Crippen LogP contribution in [0.15, 0.2) is 30.6 Å². The zero-order valence-electron chi connectivity index (χ0n) is 8.23. The Hall–Kier alpha value is -1.64. The molecule has 0 saturated carbocycles. The van der Waals surface area contributed by atoms with E-state index in [1.807, 2.05) is 24.3 Å². The van der Waals surface area contributed by atoms with E-state index in [0.29, 0.717) is 6.54 Å². The number of hydrogen-bond donors (Lipinski definition) is 1. The maximum atomic E-state index is 10.5. The number of pyridine rings is 1. The van der Waals surface area contributed by atoms with Crippen molar-refractivity contribution in [1.82, 2.24) is 10.3 Å². The van der Waals surface area contributed by atoms with Crippen LogP contribution < -0.4 is 5.32 Å². The van der Waals surface area contributed by atoms with Crippen LogP contribution in [0.4, 0.5) is 0 Å². The van der Waals surface area contributed by atoms with Gasteiger partial charge in [-0.25, -0.2) is 0 Å². The molecule has 1 amide bonds. The molecule has 0 fully saturated rings. The molecule has 1 aromatic heterocycles. The van der Waals surface area contributed by atoms with E-state index >= 15 is 0 Å². The standard InChI is InChI=1S/C11H14N2O/c1-10(14)13-8-3-2-5-11-6-4-7-12-9-11/h2,4-7,9H,3,8H2,1H3,(H,13,14). The van der Waals surface area contributed by atoms with Crippen molar-refractivity contribution in [2.45, 2.75) is 13.3 Å². The van der Waals surface area contributed by atoms with Gasteiger partial charge < -0.3 is 5.32 Å². The van der Waals surface area contributed by atoms with Gasteiger partial charge in [0.05, 0.1) is 0 Å². The van der Waals surface area contributed by atoms with Crippen molar-refractivity contribution in [3.8, 4) is 0 Å². The number of nitrogens with one attached hydrogen (secondary N) is 1. The first-order chi connectivity index (χ1) is 6.79. The van der Waals surface area contributed by atoms with E-state index in [-0.39, 0.29) is 5.91 Å². The van der Waals surface area contributed by atoms with Gasteiger partial charge in [-0.05, 0) is 18.1 Å². The molecular formula is C11H14N2O. The Morgan fingerprint density at radius 1 is 1.64 bits per heavy atom. The molecule has 0 radical (unpaired) electrons. The Balaban J connectivity index is 2.25. The van der Waals surface area contributed by atoms with E-state index < -0.39 is 0 Å². The minimum Gasteiger partial charge on any atom is -0.356 e. The Bertz CT molecular complexity index is 306. The van der Waals surface area contributed by atoms with Crippen LogP contribution in [0.2, 0.25) is 0 Å². The maximum Gasteiger partial charge on any atom is 0.216 e. The van der Waals surface area contributed by atoms with Gasteiger partial charge in [0.1, 0.15) is 0 Å². The van der Waals surface area contributed by atoms with Crippen molar-refractivity contribution in [1.29, 1.82) is 0 Å². The summed E-state index contributed by atoms with van der Waals surface area (Å²) in [7, 11) is 0. The number of amides is 1. The van der Waals surface area contributed by atoms with Crippen LogP contribution in [0, 0.1) is 0 Å². The lowest BCUT2D eigenvalue weighted by atomic mass is 10.2. The fourth-order valence-electron chi connectivity index (χ4n) is 1.03. The van der Waals surface area contributed by atoms with Gasteiger partial charge in [-0.15, -0.1) is 0 Å². The van der Waals surface area contributed by atoms with Crippen molar-refractivity contribution < 1.29 is 4.79 Å². The summed E-state index contributed by atoms with van der Waals surface area (Å²) in [6.45, 7) is 2.21. The first-order valence-electron chi connectivity index (χ1n) is 4.60. The zero-order valence-corrected chi connectivity index (χ0v) is 8.23. The van der Waals surface area contributed by atoms with E-state index in [1.54, 1.807) is 12.4 Å². The molecule has 0 bridgehead atoms. The normalized spacial score (nSPS) is 10.4. The third kappa shape index (κ3) is 4.40. The van der Waals surface area contributed by atoms with Gasteiger partial charge in [-0.2, -0.15) is 0 Å². The van der Waals surface area contributed by atoms with Crippen LogP contribution in [0.1, 0.15) is 18.9 Å². The third-order valence-electron chi connectivity index (χ3n) is 1.68. The first-order valence-corrected chi connectivity index (χ1v) is 4.60. The van der Waals surface area contributed by atoms with Gasteiger partial charge in [0, 0.05) is 25.9 Å². The Kier molecular flexibility index (Phi) is 4.41. The Labute approximate surface area is 83.9 Å². The summed E-state index contributed by atoms with van der Waals surface area (Å²) in [6.07, 6.45) is 8.40. The van der Waals surface area contributed by atoms with Gasteiger partial charge in [-0.1, -0.05) is 18.2 Å². The molecule has 14 heavy (non-hydrogen) atoms. The number of aromatic nitrogens is 1. The SMILES string of the molecule is CC(=O)NCCC=Cc1cccnc1. The summed E-state index contributed by atoms with van der Waals surface area (Å²) >= 11 is 0. The number of carbonyl (C=O) groups excluding carboxylic acids is 1. The number of rotatable bonds is 4. The van der Waals surface area contributed by atoms with Gasteiger partial charge in [0.25, 0.3) is 0 Å². The minimum atomic E-state index is 0.0137. The van der Waals surface area contributed by atoms with E-state index in [2.05, 4.69) is 10.3 Å². The molecule has 0 saturated heterocycles. The molecule has 1 N–H and O–H groups in total. The monoisotopic (exact) mass is 190 g/mol. The van der Waals surface area contributed by atoms with Crippen molar-refractivity contribution in [2.75, 3.05) is 6.54 Å². The highest BCUT2D eigenvalue weighted by Gasteiger charge is 1.87. The van der Waals surface area contributed by atoms with Crippen LogP contribution in [-0.2, 0) is 4.79 Å². The predicted molar refractivity (Wildman–Crippen MR) is 56.6 cm³/mol. The summed E-state index contributed by atoms with van der Waals surface area (Å²) in [5, 5.41) is 2.73. The second-order valence-corrected chi connectivity index (χ2v) is 2.96. The van der Waals surface area contributed by atoms with Crippen molar-refractivity contribution in [3.05, 3.63) is 36.2 Å². The molecular weight excluding hydrogens is 176 g/mol. The summed E-state index contributed by atoms with van der Waals surface area (Å²) < 4.78 is 0. The summed E-state index contributed by atoms with van der Waals surface area (Å²) in [5.41, 5.74) is 1.08. The average Bonchev–Trinajstić information content (AvgIpc) is 2.18. The lowest BCUT2D eigenvalue weighted by molar-refractivity contribution is -0.118. The number of hydrogen-bond acceptors (Lipinski definition) is 2. The summed E-state index contributed by atoms with van der Waals surface area (Å²) in [5.74, 6) is 0.0137. The second-order valence-electron chi connectivity index (χ2n) is 2.96. The van der Waals surface area contributed by atoms with E-state index in [1.165, 1.54) is 6.92 Å². The fourth-order valence-corrected chi connectivity index (χ4v) is 1.03. The number of nitrogens with zero attached hydrogens (tertiary/aromatic N) is 1. The lowest BCUT2D eigenvalue weighted by Crippen LogP contribution is -2.20. The molecule has 0 atom stereocenters. The molecule has 74 valence electrons. The molecule has 1 aromatic rings. The van der Waals surface area contributed by atoms with Gasteiger partial charge in [-0.3, -0.25) is 9.78 Å². The largest absolute Gasteiger partial charge is 0.356 e. The highest BCUT2D eigenvalue weighted by molar-refractivity contribution is 5.72. The molecule has 0 aliphatic carbocycles. The molecule has 3 heteroatoms. The molecule has 0 aliphatic heterocycles. The van der Waals surface area contributed by atoms with Crippen LogP contribution in [0.25, 0.3) is 6.08 Å². The van der Waals surface area contributed by atoms with Gasteiger partial charge in [0.2, 0.25) is 5.91 Å². The lowest BCUT2D eigenvalue weighted by Gasteiger charge is -1.96. The Morgan fingerprint density at radius 2 is 2.50 bits per heavy atom. The van der Waals surface area contributed by atoms with E-state index in [0.717, 1.165) is 12.0 Å². The van der Waals surface area contributed by atoms with Crippen LogP contribution in [-0.4, -0.2) is 17.4 Å². The molecule has 0 unspecified atom stereocenters. The first kappa shape index (κ1) is 10.4. The van der Waals surface area contributed by atoms with Crippen molar-refractivity contribution in [3.63, 3.8) is 0 Å². The second kappa shape index (κ2) is 5.91. The number of carbonyl (C=O) groups is 1. The smallest absolute Gasteiger partial charge is 0.216 e. The van der Waals surface area contributed by atoms with Gasteiger partial charge in [0.15, 0.2) is 0 Å². The molecule has 3 nitrogen and oxygen atoms in total. The maximum absolute atomic E-state index is 10.5. The van der Waals surface area contributed by atoms with Gasteiger partial charge >= 0.3 is 0 Å². The Morgan fingerprint density at radius 3 is 3.14 bits per heavy atom.